The number of aromatic nitrogens is 1. The van der Waals surface area contributed by atoms with E-state index < -0.39 is 16.1 Å². The van der Waals surface area contributed by atoms with E-state index in [0.717, 1.165) is 5.56 Å². The van der Waals surface area contributed by atoms with Crippen LogP contribution in [0.25, 0.3) is 0 Å². The third kappa shape index (κ3) is 5.35. The van der Waals surface area contributed by atoms with Gasteiger partial charge in [-0.15, -0.1) is 0 Å². The van der Waals surface area contributed by atoms with E-state index in [0.29, 0.717) is 5.69 Å². The van der Waals surface area contributed by atoms with E-state index >= 15 is 0 Å². The lowest BCUT2D eigenvalue weighted by Crippen LogP contribution is -2.36. The van der Waals surface area contributed by atoms with Crippen LogP contribution in [0.3, 0.4) is 0 Å². The Bertz CT molecular complexity index is 746. The van der Waals surface area contributed by atoms with Gasteiger partial charge in [-0.2, -0.15) is 0 Å². The minimum absolute atomic E-state index is 0.0939. The number of benzene rings is 1. The highest BCUT2D eigenvalue weighted by Crippen LogP contribution is 2.09. The quantitative estimate of drug-likeness (QED) is 0.697. The van der Waals surface area contributed by atoms with Gasteiger partial charge in [-0.1, -0.05) is 17.7 Å². The molecule has 122 valence electrons. The fourth-order valence-corrected chi connectivity index (χ4v) is 2.81. The molecule has 0 saturated heterocycles. The average molecular weight is 334 g/mol. The van der Waals surface area contributed by atoms with Gasteiger partial charge in [0.2, 0.25) is 10.0 Å². The van der Waals surface area contributed by atoms with E-state index in [1.165, 1.54) is 6.20 Å². The van der Waals surface area contributed by atoms with E-state index in [4.69, 9.17) is 0 Å². The molecular weight excluding hydrogens is 316 g/mol. The van der Waals surface area contributed by atoms with E-state index in [1.54, 1.807) is 42.6 Å². The number of urea groups is 1. The van der Waals surface area contributed by atoms with Crippen molar-refractivity contribution in [3.8, 4) is 0 Å². The molecule has 0 aliphatic rings. The largest absolute Gasteiger partial charge is 0.337 e. The molecule has 2 amide bonds. The molecule has 0 spiro atoms. The van der Waals surface area contributed by atoms with Gasteiger partial charge in [0.1, 0.15) is 0 Å². The van der Waals surface area contributed by atoms with Crippen molar-refractivity contribution in [3.05, 3.63) is 54.4 Å². The van der Waals surface area contributed by atoms with Gasteiger partial charge in [-0.05, 0) is 31.2 Å². The Labute approximate surface area is 135 Å². The highest BCUT2D eigenvalue weighted by atomic mass is 32.2. The molecule has 0 atom stereocenters. The number of carbonyl (C=O) groups excluding carboxylic acids is 1. The van der Waals surface area contributed by atoms with Crippen LogP contribution in [-0.4, -0.2) is 32.5 Å². The molecule has 0 aliphatic heterocycles. The number of anilines is 1. The van der Waals surface area contributed by atoms with Crippen molar-refractivity contribution in [3.63, 3.8) is 0 Å². The molecule has 7 nitrogen and oxygen atoms in total. The summed E-state index contributed by atoms with van der Waals surface area (Å²) in [6.07, 6.45) is 3.11. The second kappa shape index (κ2) is 7.70. The third-order valence-electron chi connectivity index (χ3n) is 2.95. The van der Waals surface area contributed by atoms with Crippen molar-refractivity contribution in [1.29, 1.82) is 0 Å². The summed E-state index contributed by atoms with van der Waals surface area (Å²) in [5.74, 6) is 0. The van der Waals surface area contributed by atoms with Crippen molar-refractivity contribution in [2.75, 3.05) is 18.4 Å². The van der Waals surface area contributed by atoms with Crippen LogP contribution in [0.5, 0.6) is 0 Å². The Kier molecular flexibility index (Phi) is 5.67. The van der Waals surface area contributed by atoms with Crippen molar-refractivity contribution in [1.82, 2.24) is 15.0 Å². The predicted molar refractivity (Wildman–Crippen MR) is 87.6 cm³/mol. The number of rotatable bonds is 6. The number of nitrogens with one attached hydrogen (secondary N) is 3. The zero-order chi connectivity index (χ0) is 16.7. The number of nitrogens with zero attached hydrogens (tertiary/aromatic N) is 1. The molecule has 1 aromatic heterocycles. The normalized spacial score (nSPS) is 11.0. The molecular formula is C15H18N4O3S. The molecule has 1 aromatic carbocycles. The van der Waals surface area contributed by atoms with Crippen LogP contribution < -0.4 is 15.4 Å². The highest BCUT2D eigenvalue weighted by molar-refractivity contribution is 7.89. The summed E-state index contributed by atoms with van der Waals surface area (Å²) in [6, 6.07) is 9.52. The van der Waals surface area contributed by atoms with Crippen LogP contribution in [0.4, 0.5) is 10.5 Å². The summed E-state index contributed by atoms with van der Waals surface area (Å²) in [4.78, 5) is 15.7. The summed E-state index contributed by atoms with van der Waals surface area (Å²) in [6.45, 7) is 2.14. The first-order chi connectivity index (χ1) is 11.0. The molecule has 8 heteroatoms. The van der Waals surface area contributed by atoms with Crippen LogP contribution in [-0.2, 0) is 10.0 Å². The van der Waals surface area contributed by atoms with Crippen LogP contribution in [0.1, 0.15) is 5.56 Å². The summed E-state index contributed by atoms with van der Waals surface area (Å²) < 4.78 is 26.5. The molecule has 3 N–H and O–H groups in total. The topological polar surface area (TPSA) is 100 Å². The summed E-state index contributed by atoms with van der Waals surface area (Å²) in [7, 11) is -3.57. The zero-order valence-electron chi connectivity index (χ0n) is 12.6. The number of hydrogen-bond donors (Lipinski definition) is 3. The number of sulfonamides is 1. The molecule has 0 bridgehead atoms. The van der Waals surface area contributed by atoms with Gasteiger partial charge >= 0.3 is 6.03 Å². The van der Waals surface area contributed by atoms with Crippen LogP contribution in [0.15, 0.2) is 53.7 Å². The highest BCUT2D eigenvalue weighted by Gasteiger charge is 2.12. The smallest absolute Gasteiger partial charge is 0.319 e. The Hall–Kier alpha value is -2.45. The van der Waals surface area contributed by atoms with E-state index in [1.807, 2.05) is 6.92 Å². The number of carbonyl (C=O) groups is 1. The lowest BCUT2D eigenvalue weighted by molar-refractivity contribution is 0.252. The van der Waals surface area contributed by atoms with Crippen molar-refractivity contribution in [2.45, 2.75) is 11.8 Å². The SMILES string of the molecule is Cc1ccc(S(=O)(=O)NCCNC(=O)Nc2cccnc2)cc1. The number of hydrogen-bond acceptors (Lipinski definition) is 4. The first-order valence-electron chi connectivity index (χ1n) is 6.98. The Balaban J connectivity index is 1.76. The number of pyridine rings is 1. The van der Waals surface area contributed by atoms with Crippen molar-refractivity contribution < 1.29 is 13.2 Å². The zero-order valence-corrected chi connectivity index (χ0v) is 13.4. The average Bonchev–Trinajstić information content (AvgIpc) is 2.53. The Morgan fingerprint density at radius 3 is 2.52 bits per heavy atom. The van der Waals surface area contributed by atoms with E-state index in [9.17, 15) is 13.2 Å². The lowest BCUT2D eigenvalue weighted by atomic mass is 10.2. The Morgan fingerprint density at radius 2 is 1.87 bits per heavy atom. The second-order valence-corrected chi connectivity index (χ2v) is 6.60. The molecule has 2 rings (SSSR count). The predicted octanol–water partition coefficient (Wildman–Crippen LogP) is 1.49. The fraction of sp³-hybridized carbons (Fsp3) is 0.200. The molecule has 2 aromatic rings. The molecule has 23 heavy (non-hydrogen) atoms. The summed E-state index contributed by atoms with van der Waals surface area (Å²) in [5, 5.41) is 5.15. The lowest BCUT2D eigenvalue weighted by Gasteiger charge is -2.09. The van der Waals surface area contributed by atoms with Crippen LogP contribution in [0.2, 0.25) is 0 Å². The van der Waals surface area contributed by atoms with E-state index in [-0.39, 0.29) is 18.0 Å². The van der Waals surface area contributed by atoms with Gasteiger partial charge in [-0.3, -0.25) is 4.98 Å². The molecule has 0 radical (unpaired) electrons. The number of amides is 2. The number of aryl methyl sites for hydroxylation is 1. The second-order valence-electron chi connectivity index (χ2n) is 4.83. The van der Waals surface area contributed by atoms with Gasteiger partial charge in [0, 0.05) is 19.3 Å². The molecule has 0 saturated carbocycles. The van der Waals surface area contributed by atoms with E-state index in [2.05, 4.69) is 20.3 Å². The standard InChI is InChI=1S/C15H18N4O3S/c1-12-4-6-14(7-5-12)23(21,22)18-10-9-17-15(20)19-13-3-2-8-16-11-13/h2-8,11,18H,9-10H2,1H3,(H2,17,19,20). The first kappa shape index (κ1) is 16.9. The monoisotopic (exact) mass is 334 g/mol. The molecule has 0 aliphatic carbocycles. The van der Waals surface area contributed by atoms with Gasteiger partial charge in [-0.25, -0.2) is 17.9 Å². The summed E-state index contributed by atoms with van der Waals surface area (Å²) >= 11 is 0. The summed E-state index contributed by atoms with van der Waals surface area (Å²) in [5.41, 5.74) is 1.54. The van der Waals surface area contributed by atoms with Gasteiger partial charge < -0.3 is 10.6 Å². The maximum absolute atomic E-state index is 12.0. The van der Waals surface area contributed by atoms with Crippen molar-refractivity contribution in [2.24, 2.45) is 0 Å². The Morgan fingerprint density at radius 1 is 1.13 bits per heavy atom. The maximum atomic E-state index is 12.0. The first-order valence-corrected chi connectivity index (χ1v) is 8.47. The molecule has 0 fully saturated rings. The molecule has 1 heterocycles. The maximum Gasteiger partial charge on any atom is 0.319 e. The fourth-order valence-electron chi connectivity index (χ4n) is 1.77. The van der Waals surface area contributed by atoms with Crippen LogP contribution in [0, 0.1) is 6.92 Å². The minimum Gasteiger partial charge on any atom is -0.337 e. The molecule has 0 unspecified atom stereocenters. The van der Waals surface area contributed by atoms with Gasteiger partial charge in [0.25, 0.3) is 0 Å². The minimum atomic E-state index is -3.57. The van der Waals surface area contributed by atoms with Gasteiger partial charge in [0.05, 0.1) is 16.8 Å². The van der Waals surface area contributed by atoms with Crippen LogP contribution >= 0.6 is 0 Å². The third-order valence-corrected chi connectivity index (χ3v) is 4.43. The van der Waals surface area contributed by atoms with Crippen molar-refractivity contribution >= 4 is 21.7 Å². The van der Waals surface area contributed by atoms with Gasteiger partial charge in [0.15, 0.2) is 0 Å².